The van der Waals surface area contributed by atoms with E-state index < -0.39 is 40.5 Å². The third-order valence-corrected chi connectivity index (χ3v) is 9.73. The summed E-state index contributed by atoms with van der Waals surface area (Å²) in [4.78, 5) is 46.7. The largest absolute Gasteiger partial charge is 0.369 e. The van der Waals surface area contributed by atoms with Gasteiger partial charge in [0.2, 0.25) is 27.7 Å². The highest BCUT2D eigenvalue weighted by molar-refractivity contribution is 7.89. The first-order valence-corrected chi connectivity index (χ1v) is 14.9. The number of pyridine rings is 1. The quantitative estimate of drug-likeness (QED) is 0.433. The zero-order valence-corrected chi connectivity index (χ0v) is 23.5. The van der Waals surface area contributed by atoms with Gasteiger partial charge in [0.25, 0.3) is 0 Å². The molecule has 0 spiro atoms. The molecule has 0 aliphatic carbocycles. The van der Waals surface area contributed by atoms with Crippen LogP contribution in [-0.4, -0.2) is 76.9 Å². The first-order valence-electron chi connectivity index (χ1n) is 13.1. The molecule has 3 heterocycles. The number of halogens is 1. The summed E-state index contributed by atoms with van der Waals surface area (Å²) in [5.74, 6) is -1.65. The first-order chi connectivity index (χ1) is 19.1. The Morgan fingerprint density at radius 3 is 2.58 bits per heavy atom. The Kier molecular flexibility index (Phi) is 7.80. The number of fused-ring (bicyclic) bond motifs is 1. The van der Waals surface area contributed by atoms with Crippen molar-refractivity contribution in [1.82, 2.24) is 19.1 Å². The molecule has 2 saturated heterocycles. The third-order valence-electron chi connectivity index (χ3n) is 7.64. The topological polar surface area (TPSA) is 134 Å². The Hall–Kier alpha value is -3.54. The molecular formula is C28H30ClN5O5S. The fourth-order valence-electron chi connectivity index (χ4n) is 5.63. The average Bonchev–Trinajstić information content (AvgIpc) is 3.58. The summed E-state index contributed by atoms with van der Waals surface area (Å²) in [5.41, 5.74) is 6.23. The molecule has 2 aliphatic rings. The van der Waals surface area contributed by atoms with Crippen molar-refractivity contribution in [2.24, 2.45) is 5.73 Å². The number of nitrogens with zero attached hydrogens (tertiary/aromatic N) is 4. The molecule has 1 aromatic heterocycles. The molecule has 12 heteroatoms. The number of rotatable bonds is 8. The summed E-state index contributed by atoms with van der Waals surface area (Å²) in [6, 6.07) is 13.0. The van der Waals surface area contributed by atoms with E-state index in [4.69, 9.17) is 17.3 Å². The summed E-state index contributed by atoms with van der Waals surface area (Å²) >= 11 is 6.05. The van der Waals surface area contributed by atoms with E-state index >= 15 is 0 Å². The number of benzene rings is 2. The molecule has 0 saturated carbocycles. The number of carbonyl (C=O) groups is 3. The normalized spacial score (nSPS) is 20.4. The van der Waals surface area contributed by atoms with E-state index in [2.05, 4.69) is 4.98 Å². The lowest BCUT2D eigenvalue weighted by Crippen LogP contribution is -2.52. The molecule has 3 atom stereocenters. The summed E-state index contributed by atoms with van der Waals surface area (Å²) in [6.45, 7) is 1.70. The van der Waals surface area contributed by atoms with Crippen molar-refractivity contribution in [3.05, 3.63) is 71.5 Å². The zero-order chi connectivity index (χ0) is 28.6. The maximum absolute atomic E-state index is 13.8. The van der Waals surface area contributed by atoms with Crippen LogP contribution < -0.4 is 5.73 Å². The minimum absolute atomic E-state index is 0.0748. The Balaban J connectivity index is 1.39. The van der Waals surface area contributed by atoms with Crippen molar-refractivity contribution in [1.29, 1.82) is 0 Å². The molecular weight excluding hydrogens is 554 g/mol. The number of sulfonamides is 1. The minimum Gasteiger partial charge on any atom is -0.369 e. The van der Waals surface area contributed by atoms with Crippen molar-refractivity contribution in [3.63, 3.8) is 0 Å². The molecule has 210 valence electrons. The second kappa shape index (κ2) is 11.1. The number of nitrogens with two attached hydrogens (primary N) is 1. The average molecular weight is 584 g/mol. The van der Waals surface area contributed by atoms with Crippen LogP contribution in [0.2, 0.25) is 5.02 Å². The summed E-state index contributed by atoms with van der Waals surface area (Å²) in [7, 11) is -4.30. The van der Waals surface area contributed by atoms with Crippen LogP contribution in [0.4, 0.5) is 0 Å². The second-order valence-electron chi connectivity index (χ2n) is 10.1. The summed E-state index contributed by atoms with van der Waals surface area (Å²) in [5, 5.41) is 1.89. The van der Waals surface area contributed by atoms with Gasteiger partial charge in [-0.2, -0.15) is 4.31 Å². The molecule has 40 heavy (non-hydrogen) atoms. The molecule has 0 radical (unpaired) electrons. The van der Waals surface area contributed by atoms with Gasteiger partial charge >= 0.3 is 0 Å². The number of hydrogen-bond acceptors (Lipinski definition) is 6. The van der Waals surface area contributed by atoms with Crippen LogP contribution in [0, 0.1) is 0 Å². The Labute approximate surface area is 237 Å². The molecule has 3 amide bonds. The van der Waals surface area contributed by atoms with Gasteiger partial charge in [-0.15, -0.1) is 0 Å². The first kappa shape index (κ1) is 28.0. The molecule has 10 nitrogen and oxygen atoms in total. The van der Waals surface area contributed by atoms with E-state index in [1.165, 1.54) is 17.0 Å². The van der Waals surface area contributed by atoms with Gasteiger partial charge in [-0.3, -0.25) is 19.4 Å². The van der Waals surface area contributed by atoms with Crippen LogP contribution >= 0.6 is 11.6 Å². The van der Waals surface area contributed by atoms with Gasteiger partial charge in [-0.05, 0) is 73.4 Å². The predicted molar refractivity (Wildman–Crippen MR) is 150 cm³/mol. The van der Waals surface area contributed by atoms with Gasteiger partial charge in [-0.1, -0.05) is 29.8 Å². The van der Waals surface area contributed by atoms with Crippen LogP contribution in [0.3, 0.4) is 0 Å². The number of hydrogen-bond donors (Lipinski definition) is 1. The molecule has 2 aromatic carbocycles. The molecule has 2 aliphatic heterocycles. The number of amides is 3. The summed E-state index contributed by atoms with van der Waals surface area (Å²) in [6.07, 6.45) is 3.40. The van der Waals surface area contributed by atoms with Gasteiger partial charge in [0.15, 0.2) is 0 Å². The lowest BCUT2D eigenvalue weighted by molar-refractivity contribution is -0.144. The fourth-order valence-corrected chi connectivity index (χ4v) is 7.42. The van der Waals surface area contributed by atoms with Crippen LogP contribution in [0.5, 0.6) is 0 Å². The van der Waals surface area contributed by atoms with E-state index in [1.807, 2.05) is 18.2 Å². The molecule has 2 fully saturated rings. The van der Waals surface area contributed by atoms with Crippen molar-refractivity contribution in [2.75, 3.05) is 19.6 Å². The van der Waals surface area contributed by atoms with Gasteiger partial charge < -0.3 is 15.5 Å². The fraction of sp³-hybridized carbons (Fsp3) is 0.357. The van der Waals surface area contributed by atoms with Crippen LogP contribution in [0.25, 0.3) is 10.8 Å². The van der Waals surface area contributed by atoms with Gasteiger partial charge in [0, 0.05) is 24.3 Å². The Morgan fingerprint density at radius 2 is 1.85 bits per heavy atom. The van der Waals surface area contributed by atoms with Gasteiger partial charge in [-0.25, -0.2) is 8.42 Å². The third kappa shape index (κ3) is 5.28. The van der Waals surface area contributed by atoms with Gasteiger partial charge in [0.1, 0.15) is 12.1 Å². The van der Waals surface area contributed by atoms with Gasteiger partial charge in [0.05, 0.1) is 23.2 Å². The monoisotopic (exact) mass is 583 g/mol. The van der Waals surface area contributed by atoms with Crippen molar-refractivity contribution in [3.8, 4) is 0 Å². The Bertz CT molecular complexity index is 1570. The number of primary amides is 1. The smallest absolute Gasteiger partial charge is 0.245 e. The second-order valence-corrected chi connectivity index (χ2v) is 12.5. The maximum atomic E-state index is 13.8. The highest BCUT2D eigenvalue weighted by atomic mass is 35.5. The Morgan fingerprint density at radius 1 is 1.10 bits per heavy atom. The lowest BCUT2D eigenvalue weighted by atomic mass is 10.1. The lowest BCUT2D eigenvalue weighted by Gasteiger charge is -2.32. The number of likely N-dealkylation sites (tertiary alicyclic amines) is 2. The van der Waals surface area contributed by atoms with E-state index in [1.54, 1.807) is 42.3 Å². The molecule has 1 unspecified atom stereocenters. The molecule has 2 N–H and O–H groups in total. The number of aromatic nitrogens is 1. The predicted octanol–water partition coefficient (Wildman–Crippen LogP) is 2.72. The molecule has 0 bridgehead atoms. The molecule has 5 rings (SSSR count). The maximum Gasteiger partial charge on any atom is 0.245 e. The van der Waals surface area contributed by atoms with E-state index in [-0.39, 0.29) is 29.8 Å². The SMILES string of the molecule is C[C@@H](C(=O)N1CCCC1c1ccccn1)N1CC[C@H](N(CC(N)=O)S(=O)(=O)c2ccc3cc(Cl)ccc3c2)C1=O. The van der Waals surface area contributed by atoms with Crippen molar-refractivity contribution < 1.29 is 22.8 Å². The minimum atomic E-state index is -4.30. The van der Waals surface area contributed by atoms with E-state index in [0.29, 0.717) is 17.0 Å². The van der Waals surface area contributed by atoms with E-state index in [9.17, 15) is 22.8 Å². The van der Waals surface area contributed by atoms with Crippen LogP contribution in [0.15, 0.2) is 65.7 Å². The van der Waals surface area contributed by atoms with Crippen LogP contribution in [-0.2, 0) is 24.4 Å². The summed E-state index contributed by atoms with van der Waals surface area (Å²) < 4.78 is 28.4. The molecule has 3 aromatic rings. The zero-order valence-electron chi connectivity index (χ0n) is 21.9. The number of carbonyl (C=O) groups excluding carboxylic acids is 3. The van der Waals surface area contributed by atoms with Crippen molar-refractivity contribution in [2.45, 2.75) is 49.2 Å². The standard InChI is InChI=1S/C28H30ClN5O5S/c1-18(27(36)33-13-4-6-24(33)23-5-2-3-12-31-23)32-14-11-25(28(32)37)34(17-26(30)35)40(38,39)22-10-8-19-15-21(29)9-7-20(19)16-22/h2-3,5,7-10,12,15-16,18,24-25H,4,6,11,13-14,17H2,1H3,(H2,30,35)/t18-,24?,25-/m0/s1. The van der Waals surface area contributed by atoms with Crippen molar-refractivity contribution >= 4 is 50.1 Å². The highest BCUT2D eigenvalue weighted by Gasteiger charge is 2.46. The van der Waals surface area contributed by atoms with Crippen LogP contribution in [0.1, 0.15) is 37.9 Å². The van der Waals surface area contributed by atoms with E-state index in [0.717, 1.165) is 28.2 Å². The highest BCUT2D eigenvalue weighted by Crippen LogP contribution is 2.33.